The summed E-state index contributed by atoms with van der Waals surface area (Å²) in [6.45, 7) is 0. The Kier molecular flexibility index (Phi) is 1.92. The summed E-state index contributed by atoms with van der Waals surface area (Å²) < 4.78 is 24.6. The van der Waals surface area contributed by atoms with Crippen molar-refractivity contribution in [3.63, 3.8) is 0 Å². The largest absolute Gasteiger partial charge is 0.213 e. The maximum Gasteiger partial charge on any atom is 0.208 e. The molecule has 0 aromatic rings. The standard InChI is InChI=1S/C8H15NO2S/c1-12(10,11)9-8-5-6-2-3-7(8)4-6/h6-9H,2-5H2,1H3/t6-,7+,8+/m0/s1. The van der Waals surface area contributed by atoms with Crippen molar-refractivity contribution in [1.29, 1.82) is 0 Å². The third-order valence-corrected chi connectivity index (χ3v) is 3.83. The van der Waals surface area contributed by atoms with Crippen LogP contribution in [0.25, 0.3) is 0 Å². The van der Waals surface area contributed by atoms with Crippen LogP contribution in [0.15, 0.2) is 0 Å². The molecular weight excluding hydrogens is 174 g/mol. The number of nitrogens with one attached hydrogen (secondary N) is 1. The predicted octanol–water partition coefficient (Wildman–Crippen LogP) is 0.724. The van der Waals surface area contributed by atoms with Gasteiger partial charge in [0.25, 0.3) is 0 Å². The molecule has 2 rings (SSSR count). The number of hydrogen-bond acceptors (Lipinski definition) is 2. The molecule has 2 bridgehead atoms. The summed E-state index contributed by atoms with van der Waals surface area (Å²) in [5.41, 5.74) is 0. The molecule has 2 saturated carbocycles. The first-order chi connectivity index (χ1) is 5.54. The molecule has 0 heterocycles. The van der Waals surface area contributed by atoms with Crippen molar-refractivity contribution in [3.8, 4) is 0 Å². The van der Waals surface area contributed by atoms with E-state index in [1.807, 2.05) is 0 Å². The van der Waals surface area contributed by atoms with E-state index in [1.165, 1.54) is 25.5 Å². The van der Waals surface area contributed by atoms with Gasteiger partial charge in [0.1, 0.15) is 0 Å². The van der Waals surface area contributed by atoms with Gasteiger partial charge in [0.2, 0.25) is 10.0 Å². The van der Waals surface area contributed by atoms with Crippen molar-refractivity contribution in [2.75, 3.05) is 6.26 Å². The second-order valence-electron chi connectivity index (χ2n) is 4.17. The Morgan fingerprint density at radius 3 is 2.42 bits per heavy atom. The smallest absolute Gasteiger partial charge is 0.208 e. The molecule has 3 nitrogen and oxygen atoms in total. The molecule has 0 radical (unpaired) electrons. The molecule has 70 valence electrons. The van der Waals surface area contributed by atoms with Gasteiger partial charge in [-0.1, -0.05) is 6.42 Å². The molecule has 0 aromatic carbocycles. The van der Waals surface area contributed by atoms with Crippen molar-refractivity contribution < 1.29 is 8.42 Å². The Labute approximate surface area is 73.6 Å². The van der Waals surface area contributed by atoms with Gasteiger partial charge in [0.15, 0.2) is 0 Å². The van der Waals surface area contributed by atoms with Crippen molar-refractivity contribution in [2.24, 2.45) is 11.8 Å². The first-order valence-electron chi connectivity index (χ1n) is 4.52. The van der Waals surface area contributed by atoms with Crippen LogP contribution in [0.3, 0.4) is 0 Å². The zero-order valence-electron chi connectivity index (χ0n) is 7.29. The van der Waals surface area contributed by atoms with Gasteiger partial charge in [-0.15, -0.1) is 0 Å². The van der Waals surface area contributed by atoms with Crippen molar-refractivity contribution in [2.45, 2.75) is 31.7 Å². The lowest BCUT2D eigenvalue weighted by Gasteiger charge is -2.21. The van der Waals surface area contributed by atoms with Crippen molar-refractivity contribution in [3.05, 3.63) is 0 Å². The summed E-state index contributed by atoms with van der Waals surface area (Å²) in [4.78, 5) is 0. The zero-order chi connectivity index (χ0) is 8.77. The van der Waals surface area contributed by atoms with Gasteiger partial charge in [-0.2, -0.15) is 0 Å². The topological polar surface area (TPSA) is 46.2 Å². The Morgan fingerprint density at radius 2 is 2.00 bits per heavy atom. The maximum absolute atomic E-state index is 11.0. The van der Waals surface area contributed by atoms with E-state index in [2.05, 4.69) is 4.72 Å². The molecule has 2 fully saturated rings. The first kappa shape index (κ1) is 8.51. The van der Waals surface area contributed by atoms with Gasteiger partial charge >= 0.3 is 0 Å². The lowest BCUT2D eigenvalue weighted by atomic mass is 9.96. The Hall–Kier alpha value is -0.0900. The van der Waals surface area contributed by atoms with E-state index in [0.29, 0.717) is 5.92 Å². The fourth-order valence-corrected chi connectivity index (χ4v) is 3.50. The third kappa shape index (κ3) is 1.64. The molecule has 0 aromatic heterocycles. The average molecular weight is 189 g/mol. The quantitative estimate of drug-likeness (QED) is 0.696. The number of hydrogen-bond donors (Lipinski definition) is 1. The summed E-state index contributed by atoms with van der Waals surface area (Å²) in [5, 5.41) is 0. The van der Waals surface area contributed by atoms with Crippen molar-refractivity contribution >= 4 is 10.0 Å². The summed E-state index contributed by atoms with van der Waals surface area (Å²) in [6, 6.07) is 0.249. The van der Waals surface area contributed by atoms with Crippen LogP contribution in [0.5, 0.6) is 0 Å². The highest BCUT2D eigenvalue weighted by Crippen LogP contribution is 2.44. The molecule has 0 amide bonds. The number of fused-ring (bicyclic) bond motifs is 2. The van der Waals surface area contributed by atoms with Gasteiger partial charge in [-0.05, 0) is 31.1 Å². The Bertz CT molecular complexity index is 273. The van der Waals surface area contributed by atoms with E-state index in [0.717, 1.165) is 12.3 Å². The average Bonchev–Trinajstić information content (AvgIpc) is 2.42. The molecule has 0 aliphatic heterocycles. The van der Waals surface area contributed by atoms with Crippen LogP contribution in [0.4, 0.5) is 0 Å². The maximum atomic E-state index is 11.0. The summed E-state index contributed by atoms with van der Waals surface area (Å²) >= 11 is 0. The van der Waals surface area contributed by atoms with E-state index in [1.54, 1.807) is 0 Å². The molecule has 12 heavy (non-hydrogen) atoms. The minimum absolute atomic E-state index is 0.249. The third-order valence-electron chi connectivity index (χ3n) is 3.10. The first-order valence-corrected chi connectivity index (χ1v) is 6.41. The summed E-state index contributed by atoms with van der Waals surface area (Å²) in [6.07, 6.45) is 6.09. The summed E-state index contributed by atoms with van der Waals surface area (Å²) in [5.74, 6) is 1.43. The van der Waals surface area contributed by atoms with Crippen LogP contribution >= 0.6 is 0 Å². The van der Waals surface area contributed by atoms with Crippen LogP contribution in [-0.4, -0.2) is 20.7 Å². The molecule has 0 unspecified atom stereocenters. The Balaban J connectivity index is 2.00. The fourth-order valence-electron chi connectivity index (χ4n) is 2.66. The SMILES string of the molecule is CS(=O)(=O)N[C@@H]1C[C@H]2CC[C@@H]1C2. The number of rotatable bonds is 2. The molecular formula is C8H15NO2S. The van der Waals surface area contributed by atoms with E-state index in [4.69, 9.17) is 0 Å². The van der Waals surface area contributed by atoms with E-state index >= 15 is 0 Å². The zero-order valence-corrected chi connectivity index (χ0v) is 8.10. The predicted molar refractivity (Wildman–Crippen MR) is 47.2 cm³/mol. The van der Waals surface area contributed by atoms with Gasteiger partial charge in [-0.3, -0.25) is 0 Å². The fraction of sp³-hybridized carbons (Fsp3) is 1.00. The minimum atomic E-state index is -2.98. The number of sulfonamides is 1. The molecule has 1 N–H and O–H groups in total. The van der Waals surface area contributed by atoms with Crippen LogP contribution in [0.1, 0.15) is 25.7 Å². The molecule has 0 saturated heterocycles. The molecule has 2 aliphatic carbocycles. The minimum Gasteiger partial charge on any atom is -0.213 e. The Morgan fingerprint density at radius 1 is 1.25 bits per heavy atom. The monoisotopic (exact) mass is 189 g/mol. The van der Waals surface area contributed by atoms with Crippen LogP contribution in [-0.2, 0) is 10.0 Å². The lowest BCUT2D eigenvalue weighted by molar-refractivity contribution is 0.391. The lowest BCUT2D eigenvalue weighted by Crippen LogP contribution is -2.37. The highest BCUT2D eigenvalue weighted by molar-refractivity contribution is 7.88. The van der Waals surface area contributed by atoms with E-state index in [-0.39, 0.29) is 6.04 Å². The van der Waals surface area contributed by atoms with E-state index < -0.39 is 10.0 Å². The van der Waals surface area contributed by atoms with Gasteiger partial charge < -0.3 is 0 Å². The molecule has 2 aliphatic rings. The normalized spacial score (nSPS) is 40.6. The van der Waals surface area contributed by atoms with Crippen LogP contribution in [0.2, 0.25) is 0 Å². The van der Waals surface area contributed by atoms with Crippen LogP contribution in [0, 0.1) is 11.8 Å². The molecule has 3 atom stereocenters. The van der Waals surface area contributed by atoms with Gasteiger partial charge in [0.05, 0.1) is 6.26 Å². The van der Waals surface area contributed by atoms with Gasteiger partial charge in [-0.25, -0.2) is 13.1 Å². The highest BCUT2D eigenvalue weighted by atomic mass is 32.2. The molecule has 0 spiro atoms. The van der Waals surface area contributed by atoms with Crippen molar-refractivity contribution in [1.82, 2.24) is 4.72 Å². The van der Waals surface area contributed by atoms with E-state index in [9.17, 15) is 8.42 Å². The second kappa shape index (κ2) is 2.70. The second-order valence-corrected chi connectivity index (χ2v) is 5.95. The molecule has 4 heteroatoms. The van der Waals surface area contributed by atoms with Gasteiger partial charge in [0, 0.05) is 6.04 Å². The summed E-state index contributed by atoms with van der Waals surface area (Å²) in [7, 11) is -2.98. The van der Waals surface area contributed by atoms with Crippen LogP contribution < -0.4 is 4.72 Å². The highest BCUT2D eigenvalue weighted by Gasteiger charge is 2.40.